The second-order valence-corrected chi connectivity index (χ2v) is 8.92. The van der Waals surface area contributed by atoms with Gasteiger partial charge in [0.1, 0.15) is 13.2 Å². The van der Waals surface area contributed by atoms with Crippen LogP contribution in [0.15, 0.2) is 71.0 Å². The molecule has 1 aromatic carbocycles. The van der Waals surface area contributed by atoms with Crippen LogP contribution in [0.25, 0.3) is 11.3 Å². The Labute approximate surface area is 182 Å². The number of carbonyl (C=O) groups excluding carboxylic acids is 1. The fourth-order valence-corrected chi connectivity index (χ4v) is 3.65. The van der Waals surface area contributed by atoms with Gasteiger partial charge in [0.05, 0.1) is 18.3 Å². The molecule has 0 aliphatic carbocycles. The fraction of sp³-hybridized carbons (Fsp3) is 0.217. The molecule has 1 aliphatic rings. The first kappa shape index (κ1) is 20.9. The largest absolute Gasteiger partial charge is 0.461 e. The van der Waals surface area contributed by atoms with Crippen molar-refractivity contribution in [3.8, 4) is 11.3 Å². The molecule has 3 heterocycles. The molecule has 0 bridgehead atoms. The number of hydrogen-bond acceptors (Lipinski definition) is 6. The van der Waals surface area contributed by atoms with E-state index in [4.69, 9.17) is 4.74 Å². The van der Waals surface area contributed by atoms with E-state index in [1.165, 1.54) is 0 Å². The number of fused-ring (bicyclic) bond motifs is 1. The third-order valence-electron chi connectivity index (χ3n) is 4.69. The number of nitrogens with zero attached hydrogens (tertiary/aromatic N) is 5. The Kier molecular flexibility index (Phi) is 6.85. The summed E-state index contributed by atoms with van der Waals surface area (Å²) in [7, 11) is -0.458. The SMILES string of the molecule is CP1C=Nc2ncc(-c3cc[n+](CCCC(=O)OCc4ccccc4)cc3)nc2N=C1. The number of hydrogen-bond donors (Lipinski definition) is 0. The lowest BCUT2D eigenvalue weighted by Crippen LogP contribution is -2.32. The molecule has 31 heavy (non-hydrogen) atoms. The van der Waals surface area contributed by atoms with E-state index in [1.54, 1.807) is 6.20 Å². The van der Waals surface area contributed by atoms with E-state index in [2.05, 4.69) is 26.6 Å². The molecule has 0 saturated heterocycles. The summed E-state index contributed by atoms with van der Waals surface area (Å²) in [5.74, 6) is 4.68. The lowest BCUT2D eigenvalue weighted by molar-refractivity contribution is -0.697. The number of benzene rings is 1. The molecular formula is C23H23N5O2P+. The van der Waals surface area contributed by atoms with Crippen molar-refractivity contribution in [2.75, 3.05) is 6.66 Å². The van der Waals surface area contributed by atoms with Crippen LogP contribution in [0.2, 0.25) is 0 Å². The topological polar surface area (TPSA) is 80.7 Å². The van der Waals surface area contributed by atoms with Gasteiger partial charge in [0.15, 0.2) is 24.0 Å². The molecule has 4 rings (SSSR count). The molecule has 0 fully saturated rings. The molecule has 0 amide bonds. The number of carbonyl (C=O) groups is 1. The number of aliphatic imine (C=N–C) groups is 2. The van der Waals surface area contributed by atoms with Gasteiger partial charge in [-0.1, -0.05) is 30.3 Å². The quantitative estimate of drug-likeness (QED) is 0.315. The van der Waals surface area contributed by atoms with E-state index in [9.17, 15) is 4.79 Å². The normalized spacial score (nSPS) is 14.7. The Bertz CT molecular complexity index is 1100. The maximum Gasteiger partial charge on any atom is 0.306 e. The van der Waals surface area contributed by atoms with Crippen molar-refractivity contribution in [2.45, 2.75) is 26.0 Å². The van der Waals surface area contributed by atoms with Crippen molar-refractivity contribution in [3.63, 3.8) is 0 Å². The summed E-state index contributed by atoms with van der Waals surface area (Å²) in [5, 5.41) is 0. The van der Waals surface area contributed by atoms with Gasteiger partial charge in [0.25, 0.3) is 0 Å². The predicted molar refractivity (Wildman–Crippen MR) is 122 cm³/mol. The molecule has 156 valence electrons. The Morgan fingerprint density at radius 1 is 1.03 bits per heavy atom. The first-order valence-electron chi connectivity index (χ1n) is 10.0. The van der Waals surface area contributed by atoms with E-state index in [0.29, 0.717) is 31.1 Å². The zero-order valence-electron chi connectivity index (χ0n) is 17.3. The summed E-state index contributed by atoms with van der Waals surface area (Å²) >= 11 is 0. The number of aryl methyl sites for hydroxylation is 1. The summed E-state index contributed by atoms with van der Waals surface area (Å²) in [6, 6.07) is 13.7. The first-order chi connectivity index (χ1) is 15.2. The second kappa shape index (κ2) is 10.1. The Morgan fingerprint density at radius 3 is 2.55 bits per heavy atom. The molecule has 1 aliphatic heterocycles. The number of ether oxygens (including phenoxy) is 1. The number of pyridine rings is 1. The monoisotopic (exact) mass is 432 g/mol. The molecule has 0 spiro atoms. The molecule has 8 heteroatoms. The lowest BCUT2D eigenvalue weighted by atomic mass is 10.2. The molecule has 1 unspecified atom stereocenters. The predicted octanol–water partition coefficient (Wildman–Crippen LogP) is 4.40. The minimum Gasteiger partial charge on any atom is -0.461 e. The van der Waals surface area contributed by atoms with Crippen LogP contribution in [0.5, 0.6) is 0 Å². The van der Waals surface area contributed by atoms with Crippen molar-refractivity contribution < 1.29 is 14.1 Å². The second-order valence-electron chi connectivity index (χ2n) is 7.13. The van der Waals surface area contributed by atoms with Gasteiger partial charge < -0.3 is 4.74 Å². The van der Waals surface area contributed by atoms with Crippen LogP contribution in [0.3, 0.4) is 0 Å². The highest BCUT2D eigenvalue weighted by Gasteiger charge is 2.12. The van der Waals surface area contributed by atoms with Gasteiger partial charge in [-0.15, -0.1) is 0 Å². The van der Waals surface area contributed by atoms with E-state index >= 15 is 0 Å². The van der Waals surface area contributed by atoms with Gasteiger partial charge in [-0.25, -0.2) is 24.5 Å². The highest BCUT2D eigenvalue weighted by molar-refractivity contribution is 7.85. The maximum absolute atomic E-state index is 11.9. The average molecular weight is 432 g/mol. The van der Waals surface area contributed by atoms with E-state index < -0.39 is 7.92 Å². The lowest BCUT2D eigenvalue weighted by Gasteiger charge is -2.04. The van der Waals surface area contributed by atoms with Gasteiger partial charge in [-0.05, 0) is 20.1 Å². The number of esters is 1. The van der Waals surface area contributed by atoms with Gasteiger partial charge in [-0.2, -0.15) is 0 Å². The van der Waals surface area contributed by atoms with Gasteiger partial charge >= 0.3 is 5.97 Å². The van der Waals surface area contributed by atoms with Crippen molar-refractivity contribution >= 4 is 37.4 Å². The molecule has 0 N–H and O–H groups in total. The Morgan fingerprint density at radius 2 is 1.77 bits per heavy atom. The van der Waals surface area contributed by atoms with Crippen molar-refractivity contribution in [2.24, 2.45) is 9.98 Å². The highest BCUT2D eigenvalue weighted by Crippen LogP contribution is 2.34. The van der Waals surface area contributed by atoms with Gasteiger partial charge in [0, 0.05) is 36.0 Å². The summed E-state index contributed by atoms with van der Waals surface area (Å²) in [6.45, 7) is 3.13. The minimum absolute atomic E-state index is 0.180. The van der Waals surface area contributed by atoms with Crippen molar-refractivity contribution in [3.05, 3.63) is 66.6 Å². The van der Waals surface area contributed by atoms with Crippen LogP contribution in [0.1, 0.15) is 18.4 Å². The summed E-state index contributed by atoms with van der Waals surface area (Å²) in [4.78, 5) is 29.7. The Hall–Kier alpha value is -3.31. The molecule has 0 saturated carbocycles. The van der Waals surface area contributed by atoms with Crippen LogP contribution in [-0.2, 0) is 22.7 Å². The minimum atomic E-state index is -0.458. The molecule has 1 atom stereocenters. The van der Waals surface area contributed by atoms with E-state index in [0.717, 1.165) is 23.4 Å². The summed E-state index contributed by atoms with van der Waals surface area (Å²) in [6.07, 6.45) is 6.77. The van der Waals surface area contributed by atoms with Gasteiger partial charge in [-0.3, -0.25) is 4.79 Å². The Balaban J connectivity index is 1.29. The zero-order valence-corrected chi connectivity index (χ0v) is 18.2. The van der Waals surface area contributed by atoms with Crippen LogP contribution < -0.4 is 4.57 Å². The smallest absolute Gasteiger partial charge is 0.306 e. The first-order valence-corrected chi connectivity index (χ1v) is 12.0. The van der Waals surface area contributed by atoms with Crippen molar-refractivity contribution in [1.29, 1.82) is 0 Å². The summed E-state index contributed by atoms with van der Waals surface area (Å²) < 4.78 is 7.36. The molecule has 3 aromatic rings. The molecule has 0 radical (unpaired) electrons. The standard InChI is InChI=1S/C23H23N5O2P/c1-31-16-25-22-23(26-17-31)27-20(14-24-22)19-9-12-28(13-10-19)11-5-8-21(29)30-15-18-6-3-2-4-7-18/h2-4,6-7,9-10,12-14,16-17H,5,8,11,15H2,1H3/q+1. The summed E-state index contributed by atoms with van der Waals surface area (Å²) in [5.41, 5.74) is 2.70. The van der Waals surface area contributed by atoms with Crippen LogP contribution in [0, 0.1) is 0 Å². The zero-order chi connectivity index (χ0) is 21.5. The molecule has 2 aromatic heterocycles. The van der Waals surface area contributed by atoms with E-state index in [-0.39, 0.29) is 5.97 Å². The molecular weight excluding hydrogens is 409 g/mol. The fourth-order valence-electron chi connectivity index (χ4n) is 3.00. The number of rotatable bonds is 7. The van der Waals surface area contributed by atoms with Crippen LogP contribution in [0.4, 0.5) is 11.6 Å². The van der Waals surface area contributed by atoms with Gasteiger partial charge in [0.2, 0.25) is 0 Å². The third-order valence-corrected chi connectivity index (χ3v) is 5.65. The highest BCUT2D eigenvalue weighted by atomic mass is 31.1. The van der Waals surface area contributed by atoms with Crippen LogP contribution in [-0.4, -0.2) is 34.5 Å². The maximum atomic E-state index is 11.9. The average Bonchev–Trinajstić information content (AvgIpc) is 3.00. The third kappa shape index (κ3) is 5.86. The number of aromatic nitrogens is 3. The van der Waals surface area contributed by atoms with E-state index in [1.807, 2.05) is 71.3 Å². The van der Waals surface area contributed by atoms with Crippen LogP contribution >= 0.6 is 7.92 Å². The van der Waals surface area contributed by atoms with Crippen molar-refractivity contribution in [1.82, 2.24) is 9.97 Å². The molecule has 7 nitrogen and oxygen atoms in total.